The zero-order chi connectivity index (χ0) is 26.9. The van der Waals surface area contributed by atoms with Crippen molar-refractivity contribution >= 4 is 44.3 Å². The van der Waals surface area contributed by atoms with Crippen molar-refractivity contribution in [1.29, 1.82) is 0 Å². The lowest BCUT2D eigenvalue weighted by molar-refractivity contribution is -0.142. The van der Waals surface area contributed by atoms with Crippen LogP contribution in [-0.4, -0.2) is 45.8 Å². The number of nitrogens with zero attached hydrogens (tertiary/aromatic N) is 2. The number of amides is 1. The van der Waals surface area contributed by atoms with Gasteiger partial charge in [0.15, 0.2) is 5.01 Å². The minimum atomic E-state index is -0.579. The number of pyridine rings is 1. The number of hydrogen-bond donors (Lipinski definition) is 2. The zero-order valence-electron chi connectivity index (χ0n) is 21.7. The van der Waals surface area contributed by atoms with Gasteiger partial charge >= 0.3 is 5.97 Å². The summed E-state index contributed by atoms with van der Waals surface area (Å²) in [4.78, 5) is 33.5. The number of carbonyl (C=O) groups excluding carboxylic acids is 2. The second-order valence-corrected chi connectivity index (χ2v) is 10.8. The molecule has 1 aliphatic heterocycles. The third-order valence-corrected chi connectivity index (χ3v) is 6.79. The standard InChI is InChI=1S/C24H21N3O4S.C4H10O/c1-3-30-18(28)11-15-12(2)10-16-22(32-24(27-16)23(25)29)20(15)14-4-5-17-19-13(7-9-31-17)6-8-26-21(14)19;1-4(2,3)5/h4-6,8,10H,3,7,9,11H2,1-2H3,(H2,25,29);5H,1-3H3. The molecule has 4 aromatic rings. The molecule has 0 atom stereocenters. The second kappa shape index (κ2) is 10.4. The van der Waals surface area contributed by atoms with E-state index in [-0.39, 0.29) is 17.4 Å². The molecule has 0 radical (unpaired) electrons. The number of fused-ring (bicyclic) bond motifs is 1. The zero-order valence-corrected chi connectivity index (χ0v) is 22.5. The summed E-state index contributed by atoms with van der Waals surface area (Å²) < 4.78 is 11.9. The Labute approximate surface area is 219 Å². The monoisotopic (exact) mass is 521 g/mol. The molecule has 3 N–H and O–H groups in total. The van der Waals surface area contributed by atoms with E-state index < -0.39 is 11.5 Å². The Morgan fingerprint density at radius 2 is 1.97 bits per heavy atom. The number of primary amides is 1. The molecule has 0 aliphatic carbocycles. The van der Waals surface area contributed by atoms with Crippen molar-refractivity contribution in [2.24, 2.45) is 5.73 Å². The predicted octanol–water partition coefficient (Wildman–Crippen LogP) is 4.74. The summed E-state index contributed by atoms with van der Waals surface area (Å²) in [5, 5.41) is 9.73. The van der Waals surface area contributed by atoms with Crippen LogP contribution in [0.25, 0.3) is 32.2 Å². The summed E-state index contributed by atoms with van der Waals surface area (Å²) in [6.45, 7) is 9.88. The van der Waals surface area contributed by atoms with Gasteiger partial charge in [-0.25, -0.2) is 4.98 Å². The maximum Gasteiger partial charge on any atom is 0.310 e. The van der Waals surface area contributed by atoms with Gasteiger partial charge in [0.1, 0.15) is 5.75 Å². The van der Waals surface area contributed by atoms with Crippen LogP contribution in [0.15, 0.2) is 30.5 Å². The van der Waals surface area contributed by atoms with Crippen molar-refractivity contribution in [2.75, 3.05) is 13.2 Å². The fourth-order valence-corrected chi connectivity index (χ4v) is 5.30. The fourth-order valence-electron chi connectivity index (χ4n) is 4.31. The maximum atomic E-state index is 12.5. The Bertz CT molecular complexity index is 1490. The molecule has 2 aromatic heterocycles. The molecule has 0 fully saturated rings. The Hall–Kier alpha value is -3.56. The summed E-state index contributed by atoms with van der Waals surface area (Å²) in [6, 6.07) is 7.81. The van der Waals surface area contributed by atoms with E-state index in [2.05, 4.69) is 4.98 Å². The van der Waals surface area contributed by atoms with Crippen LogP contribution in [-0.2, 0) is 22.4 Å². The number of esters is 1. The molecule has 0 bridgehead atoms. The van der Waals surface area contributed by atoms with Crippen molar-refractivity contribution in [3.63, 3.8) is 0 Å². The topological polar surface area (TPSA) is 125 Å². The van der Waals surface area contributed by atoms with Crippen molar-refractivity contribution in [3.8, 4) is 16.9 Å². The van der Waals surface area contributed by atoms with Gasteiger partial charge in [-0.3, -0.25) is 14.6 Å². The molecule has 0 spiro atoms. The Morgan fingerprint density at radius 3 is 2.65 bits per heavy atom. The molecule has 194 valence electrons. The van der Waals surface area contributed by atoms with Crippen LogP contribution in [0.5, 0.6) is 5.75 Å². The molecular weight excluding hydrogens is 490 g/mol. The van der Waals surface area contributed by atoms with Crippen LogP contribution in [0.3, 0.4) is 0 Å². The third kappa shape index (κ3) is 5.73. The normalized spacial score (nSPS) is 12.6. The molecule has 1 amide bonds. The Kier molecular flexibility index (Phi) is 7.47. The quantitative estimate of drug-likeness (QED) is 0.364. The Morgan fingerprint density at radius 1 is 1.24 bits per heavy atom. The molecule has 0 saturated carbocycles. The van der Waals surface area contributed by atoms with Gasteiger partial charge in [-0.1, -0.05) is 0 Å². The number of nitrogens with two attached hydrogens (primary N) is 1. The largest absolute Gasteiger partial charge is 0.493 e. The summed E-state index contributed by atoms with van der Waals surface area (Å²) in [5.41, 5.74) is 11.1. The highest BCUT2D eigenvalue weighted by molar-refractivity contribution is 7.20. The molecular formula is C28H31N3O5S. The molecule has 2 aromatic carbocycles. The number of hydrogen-bond acceptors (Lipinski definition) is 8. The molecule has 9 heteroatoms. The van der Waals surface area contributed by atoms with Gasteiger partial charge in [-0.2, -0.15) is 0 Å². The lowest BCUT2D eigenvalue weighted by Gasteiger charge is -2.21. The Balaban J connectivity index is 0.000000586. The summed E-state index contributed by atoms with van der Waals surface area (Å²) in [7, 11) is 0. The molecule has 1 aliphatic rings. The van der Waals surface area contributed by atoms with Gasteiger partial charge in [0.2, 0.25) is 0 Å². The van der Waals surface area contributed by atoms with Crippen molar-refractivity contribution in [2.45, 2.75) is 53.1 Å². The van der Waals surface area contributed by atoms with Gasteiger partial charge in [0.05, 0.1) is 41.0 Å². The molecule has 8 nitrogen and oxygen atoms in total. The van der Waals surface area contributed by atoms with Crippen LogP contribution in [0.4, 0.5) is 0 Å². The highest BCUT2D eigenvalue weighted by Crippen LogP contribution is 2.43. The average Bonchev–Trinajstić information content (AvgIpc) is 3.24. The van der Waals surface area contributed by atoms with E-state index in [1.165, 1.54) is 16.9 Å². The maximum absolute atomic E-state index is 12.5. The number of carbonyl (C=O) groups is 2. The lowest BCUT2D eigenvalue weighted by Crippen LogP contribution is -2.11. The summed E-state index contributed by atoms with van der Waals surface area (Å²) in [6.07, 6.45) is 2.71. The molecule has 0 saturated heterocycles. The number of rotatable bonds is 5. The van der Waals surface area contributed by atoms with Crippen molar-refractivity contribution in [3.05, 3.63) is 52.2 Å². The number of ether oxygens (including phenoxy) is 2. The smallest absolute Gasteiger partial charge is 0.310 e. The first-order chi connectivity index (χ1) is 17.5. The first-order valence-electron chi connectivity index (χ1n) is 12.1. The van der Waals surface area contributed by atoms with Crippen molar-refractivity contribution < 1.29 is 24.2 Å². The number of aromatic nitrogens is 2. The number of thiazole rings is 1. The number of aliphatic hydroxyl groups is 1. The molecule has 0 unspecified atom stereocenters. The van der Waals surface area contributed by atoms with Gasteiger partial charge in [0.25, 0.3) is 5.91 Å². The average molecular weight is 522 g/mol. The van der Waals surface area contributed by atoms with Crippen LogP contribution in [0, 0.1) is 6.92 Å². The van der Waals surface area contributed by atoms with Gasteiger partial charge in [0, 0.05) is 29.1 Å². The number of aryl methyl sites for hydroxylation is 1. The minimum absolute atomic E-state index is 0.105. The van der Waals surface area contributed by atoms with Crippen LogP contribution >= 0.6 is 11.3 Å². The highest BCUT2D eigenvalue weighted by Gasteiger charge is 2.24. The van der Waals surface area contributed by atoms with E-state index in [1.54, 1.807) is 33.9 Å². The van der Waals surface area contributed by atoms with E-state index in [9.17, 15) is 9.59 Å². The summed E-state index contributed by atoms with van der Waals surface area (Å²) >= 11 is 1.23. The van der Waals surface area contributed by atoms with Crippen molar-refractivity contribution in [1.82, 2.24) is 9.97 Å². The second-order valence-electron chi connectivity index (χ2n) is 9.83. The minimum Gasteiger partial charge on any atom is -0.493 e. The molecule has 5 rings (SSSR count). The van der Waals surface area contributed by atoms with Crippen LogP contribution < -0.4 is 10.5 Å². The van der Waals surface area contributed by atoms with E-state index >= 15 is 0 Å². The van der Waals surface area contributed by atoms with Crippen LogP contribution in [0.1, 0.15) is 54.2 Å². The summed E-state index contributed by atoms with van der Waals surface area (Å²) in [5.74, 6) is -0.0869. The molecule has 37 heavy (non-hydrogen) atoms. The fraction of sp³-hybridized carbons (Fsp3) is 0.357. The van der Waals surface area contributed by atoms with E-state index in [4.69, 9.17) is 25.3 Å². The van der Waals surface area contributed by atoms with Gasteiger partial charge < -0.3 is 20.3 Å². The predicted molar refractivity (Wildman–Crippen MR) is 145 cm³/mol. The number of benzene rings is 2. The van der Waals surface area contributed by atoms with E-state index in [0.29, 0.717) is 18.7 Å². The molecule has 3 heterocycles. The SMILES string of the molecule is CC(C)(C)O.CCOC(=O)Cc1c(C)cc2nc(C(N)=O)sc2c1-c1ccc2c3c(ccnc13)CCO2. The van der Waals surface area contributed by atoms with Gasteiger partial charge in [-0.05, 0) is 75.6 Å². The van der Waals surface area contributed by atoms with Crippen LogP contribution in [0.2, 0.25) is 0 Å². The van der Waals surface area contributed by atoms with E-state index in [1.807, 2.05) is 31.2 Å². The van der Waals surface area contributed by atoms with E-state index in [0.717, 1.165) is 50.0 Å². The third-order valence-electron chi connectivity index (χ3n) is 5.69. The highest BCUT2D eigenvalue weighted by atomic mass is 32.1. The lowest BCUT2D eigenvalue weighted by atomic mass is 9.90. The first kappa shape index (κ1) is 26.5. The van der Waals surface area contributed by atoms with Gasteiger partial charge in [-0.15, -0.1) is 11.3 Å². The first-order valence-corrected chi connectivity index (χ1v) is 12.9.